The van der Waals surface area contributed by atoms with Gasteiger partial charge in [-0.2, -0.15) is 5.10 Å². The van der Waals surface area contributed by atoms with Gasteiger partial charge in [0.2, 0.25) is 0 Å². The maximum atomic E-state index is 10.4. The van der Waals surface area contributed by atoms with Gasteiger partial charge in [0, 0.05) is 31.4 Å². The van der Waals surface area contributed by atoms with Gasteiger partial charge in [0.25, 0.3) is 0 Å². The largest absolute Gasteiger partial charge is 0.497 e. The van der Waals surface area contributed by atoms with Crippen molar-refractivity contribution in [3.63, 3.8) is 0 Å². The van der Waals surface area contributed by atoms with E-state index >= 15 is 0 Å². The molecule has 1 unspecified atom stereocenters. The number of aryl methyl sites for hydroxylation is 2. The van der Waals surface area contributed by atoms with Crippen molar-refractivity contribution in [1.29, 1.82) is 0 Å². The van der Waals surface area contributed by atoms with Crippen LogP contribution in [0.5, 0.6) is 5.75 Å². The smallest absolute Gasteiger partial charge is 0.191 e. The summed E-state index contributed by atoms with van der Waals surface area (Å²) >= 11 is 0. The SMILES string of the molecule is CCNC(=NCc1c(C)nn(C)c1C)NCC(O)c1cccc(OC)c1. The summed E-state index contributed by atoms with van der Waals surface area (Å²) in [6.07, 6.45) is -0.657. The van der Waals surface area contributed by atoms with Crippen molar-refractivity contribution in [2.75, 3.05) is 20.2 Å². The van der Waals surface area contributed by atoms with Crippen LogP contribution in [0.3, 0.4) is 0 Å². The molecule has 0 amide bonds. The van der Waals surface area contributed by atoms with Crippen LogP contribution >= 0.6 is 0 Å². The van der Waals surface area contributed by atoms with Crippen LogP contribution < -0.4 is 15.4 Å². The molecule has 0 saturated heterocycles. The number of methoxy groups -OCH3 is 1. The highest BCUT2D eigenvalue weighted by Crippen LogP contribution is 2.18. The number of aliphatic hydroxyl groups is 1. The number of nitrogens with zero attached hydrogens (tertiary/aromatic N) is 3. The van der Waals surface area contributed by atoms with E-state index in [0.29, 0.717) is 19.0 Å². The second kappa shape index (κ2) is 9.24. The molecule has 0 fully saturated rings. The highest BCUT2D eigenvalue weighted by Gasteiger charge is 2.11. The minimum absolute atomic E-state index is 0.351. The first kappa shape index (κ1) is 19.8. The van der Waals surface area contributed by atoms with E-state index in [1.54, 1.807) is 7.11 Å². The predicted octanol–water partition coefficient (Wildman–Crippen LogP) is 1.83. The third kappa shape index (κ3) is 4.98. The lowest BCUT2D eigenvalue weighted by Gasteiger charge is -2.16. The zero-order valence-corrected chi connectivity index (χ0v) is 16.2. The van der Waals surface area contributed by atoms with E-state index in [4.69, 9.17) is 4.74 Å². The molecule has 142 valence electrons. The van der Waals surface area contributed by atoms with Gasteiger partial charge >= 0.3 is 0 Å². The number of nitrogens with one attached hydrogen (secondary N) is 2. The van der Waals surface area contributed by atoms with E-state index in [0.717, 1.165) is 34.8 Å². The van der Waals surface area contributed by atoms with Crippen molar-refractivity contribution in [2.45, 2.75) is 33.4 Å². The standard InChI is InChI=1S/C19H29N5O2/c1-6-20-19(21-11-17-13(2)23-24(4)14(17)3)22-12-18(25)15-8-7-9-16(10-15)26-5/h7-10,18,25H,6,11-12H2,1-5H3,(H2,20,21,22). The Hall–Kier alpha value is -2.54. The molecule has 0 radical (unpaired) electrons. The zero-order valence-electron chi connectivity index (χ0n) is 16.2. The highest BCUT2D eigenvalue weighted by molar-refractivity contribution is 5.79. The fourth-order valence-corrected chi connectivity index (χ4v) is 2.71. The molecule has 3 N–H and O–H groups in total. The Morgan fingerprint density at radius 1 is 1.35 bits per heavy atom. The molecular formula is C19H29N5O2. The van der Waals surface area contributed by atoms with Crippen molar-refractivity contribution < 1.29 is 9.84 Å². The molecule has 0 saturated carbocycles. The number of guanidine groups is 1. The lowest BCUT2D eigenvalue weighted by molar-refractivity contribution is 0.180. The molecule has 7 heteroatoms. The van der Waals surface area contributed by atoms with Crippen molar-refractivity contribution in [1.82, 2.24) is 20.4 Å². The third-order valence-electron chi connectivity index (χ3n) is 4.34. The molecule has 7 nitrogen and oxygen atoms in total. The van der Waals surface area contributed by atoms with Crippen LogP contribution in [0.25, 0.3) is 0 Å². The monoisotopic (exact) mass is 359 g/mol. The average Bonchev–Trinajstić information content (AvgIpc) is 2.89. The lowest BCUT2D eigenvalue weighted by atomic mass is 10.1. The van der Waals surface area contributed by atoms with Crippen LogP contribution in [0, 0.1) is 13.8 Å². The molecule has 0 aliphatic carbocycles. The number of hydrogen-bond donors (Lipinski definition) is 3. The Labute approximate surface area is 155 Å². The molecule has 26 heavy (non-hydrogen) atoms. The predicted molar refractivity (Wildman–Crippen MR) is 103 cm³/mol. The summed E-state index contributed by atoms with van der Waals surface area (Å²) < 4.78 is 7.07. The van der Waals surface area contributed by atoms with Gasteiger partial charge in [0.15, 0.2) is 5.96 Å². The summed E-state index contributed by atoms with van der Waals surface area (Å²) in [6.45, 7) is 7.67. The van der Waals surface area contributed by atoms with Crippen LogP contribution in [0.2, 0.25) is 0 Å². The van der Waals surface area contributed by atoms with E-state index in [1.807, 2.05) is 56.8 Å². The van der Waals surface area contributed by atoms with Gasteiger partial charge in [-0.25, -0.2) is 4.99 Å². The zero-order chi connectivity index (χ0) is 19.1. The topological polar surface area (TPSA) is 83.7 Å². The summed E-state index contributed by atoms with van der Waals surface area (Å²) in [5, 5.41) is 21.2. The number of aliphatic hydroxyl groups excluding tert-OH is 1. The number of aromatic nitrogens is 2. The average molecular weight is 359 g/mol. The van der Waals surface area contributed by atoms with Crippen molar-refractivity contribution in [2.24, 2.45) is 12.0 Å². The first-order valence-corrected chi connectivity index (χ1v) is 8.79. The molecule has 0 spiro atoms. The molecule has 1 aromatic carbocycles. The van der Waals surface area contributed by atoms with Crippen LogP contribution in [0.4, 0.5) is 0 Å². The van der Waals surface area contributed by atoms with Crippen LogP contribution in [0.1, 0.15) is 35.5 Å². The minimum Gasteiger partial charge on any atom is -0.497 e. The summed E-state index contributed by atoms with van der Waals surface area (Å²) in [5.41, 5.74) is 4.02. The second-order valence-corrected chi connectivity index (χ2v) is 6.14. The number of aliphatic imine (C=N–C) groups is 1. The summed E-state index contributed by atoms with van der Waals surface area (Å²) in [6, 6.07) is 7.43. The normalized spacial score (nSPS) is 12.8. The number of benzene rings is 1. The van der Waals surface area contributed by atoms with Crippen LogP contribution in [-0.2, 0) is 13.6 Å². The summed E-state index contributed by atoms with van der Waals surface area (Å²) in [7, 11) is 3.55. The Morgan fingerprint density at radius 2 is 2.12 bits per heavy atom. The Bertz CT molecular complexity index is 754. The fraction of sp³-hybridized carbons (Fsp3) is 0.474. The second-order valence-electron chi connectivity index (χ2n) is 6.14. The quantitative estimate of drug-likeness (QED) is 0.519. The molecule has 1 heterocycles. The number of hydrogen-bond acceptors (Lipinski definition) is 4. The molecular weight excluding hydrogens is 330 g/mol. The van der Waals surface area contributed by atoms with Crippen LogP contribution in [-0.4, -0.2) is 41.0 Å². The Balaban J connectivity index is 2.02. The van der Waals surface area contributed by atoms with Crippen molar-refractivity contribution >= 4 is 5.96 Å². The van der Waals surface area contributed by atoms with E-state index < -0.39 is 6.10 Å². The molecule has 2 aromatic rings. The van der Waals surface area contributed by atoms with Crippen LogP contribution in [0.15, 0.2) is 29.3 Å². The Kier molecular flexibility index (Phi) is 7.03. The van der Waals surface area contributed by atoms with Gasteiger partial charge in [-0.1, -0.05) is 12.1 Å². The number of ether oxygens (including phenoxy) is 1. The molecule has 0 aliphatic rings. The molecule has 0 aliphatic heterocycles. The summed E-state index contributed by atoms with van der Waals surface area (Å²) in [5.74, 6) is 1.39. The van der Waals surface area contributed by atoms with E-state index in [-0.39, 0.29) is 0 Å². The first-order chi connectivity index (χ1) is 12.5. The molecule has 2 rings (SSSR count). The van der Waals surface area contributed by atoms with Crippen molar-refractivity contribution in [3.05, 3.63) is 46.8 Å². The molecule has 1 atom stereocenters. The third-order valence-corrected chi connectivity index (χ3v) is 4.34. The number of rotatable bonds is 7. The highest BCUT2D eigenvalue weighted by atomic mass is 16.5. The first-order valence-electron chi connectivity index (χ1n) is 8.79. The summed E-state index contributed by atoms with van der Waals surface area (Å²) in [4.78, 5) is 4.62. The maximum absolute atomic E-state index is 10.4. The van der Waals surface area contributed by atoms with Gasteiger partial charge in [0.1, 0.15) is 5.75 Å². The molecule has 0 bridgehead atoms. The Morgan fingerprint density at radius 3 is 2.73 bits per heavy atom. The van der Waals surface area contributed by atoms with Gasteiger partial charge < -0.3 is 20.5 Å². The van der Waals surface area contributed by atoms with E-state index in [9.17, 15) is 5.11 Å². The van der Waals surface area contributed by atoms with E-state index in [1.165, 1.54) is 0 Å². The molecule has 1 aromatic heterocycles. The minimum atomic E-state index is -0.657. The van der Waals surface area contributed by atoms with Gasteiger partial charge in [-0.05, 0) is 38.5 Å². The van der Waals surface area contributed by atoms with Gasteiger partial charge in [-0.15, -0.1) is 0 Å². The van der Waals surface area contributed by atoms with Gasteiger partial charge in [0.05, 0.1) is 25.5 Å². The van der Waals surface area contributed by atoms with Crippen molar-refractivity contribution in [3.8, 4) is 5.75 Å². The van der Waals surface area contributed by atoms with Gasteiger partial charge in [-0.3, -0.25) is 4.68 Å². The lowest BCUT2D eigenvalue weighted by Crippen LogP contribution is -2.39. The fourth-order valence-electron chi connectivity index (χ4n) is 2.71. The van der Waals surface area contributed by atoms with E-state index in [2.05, 4.69) is 20.7 Å². The maximum Gasteiger partial charge on any atom is 0.191 e.